The van der Waals surface area contributed by atoms with Crippen molar-refractivity contribution in [1.82, 2.24) is 20.2 Å². The minimum atomic E-state index is -0.495. The lowest BCUT2D eigenvalue weighted by Gasteiger charge is -2.16. The summed E-state index contributed by atoms with van der Waals surface area (Å²) in [5, 5.41) is 14.9. The van der Waals surface area contributed by atoms with Gasteiger partial charge in [-0.1, -0.05) is 66.7 Å². The highest BCUT2D eigenvalue weighted by Crippen LogP contribution is 2.36. The average Bonchev–Trinajstić information content (AvgIpc) is 3.41. The Morgan fingerprint density at radius 3 is 2.31 bits per heavy atom. The maximum Gasteiger partial charge on any atom is 0.342 e. The number of pyridine rings is 1. The summed E-state index contributed by atoms with van der Waals surface area (Å²) in [6, 6.07) is 25.1. The van der Waals surface area contributed by atoms with Crippen LogP contribution in [-0.2, 0) is 11.3 Å². The van der Waals surface area contributed by atoms with Crippen LogP contribution in [0.5, 0.6) is 0 Å². The van der Waals surface area contributed by atoms with Gasteiger partial charge in [-0.2, -0.15) is 0 Å². The van der Waals surface area contributed by atoms with Gasteiger partial charge in [0.1, 0.15) is 16.3 Å². The minimum Gasteiger partial charge on any atom is -0.465 e. The number of rotatable bonds is 7. The zero-order valence-electron chi connectivity index (χ0n) is 18.9. The zero-order valence-corrected chi connectivity index (χ0v) is 19.7. The molecule has 3 aromatic heterocycles. The Morgan fingerprint density at radius 2 is 1.63 bits per heavy atom. The van der Waals surface area contributed by atoms with Gasteiger partial charge in [0.25, 0.3) is 0 Å². The maximum atomic E-state index is 13.1. The van der Waals surface area contributed by atoms with Crippen LogP contribution >= 0.6 is 11.3 Å². The highest BCUT2D eigenvalue weighted by atomic mass is 32.1. The topological polar surface area (TPSA) is 89.9 Å². The van der Waals surface area contributed by atoms with Crippen LogP contribution in [0.15, 0.2) is 90.4 Å². The molecule has 0 fully saturated rings. The number of ether oxygens (including phenoxy) is 1. The van der Waals surface area contributed by atoms with Gasteiger partial charge in [-0.15, -0.1) is 21.5 Å². The number of anilines is 1. The van der Waals surface area contributed by atoms with Crippen molar-refractivity contribution in [3.63, 3.8) is 0 Å². The van der Waals surface area contributed by atoms with Crippen LogP contribution in [0.2, 0.25) is 0 Å². The number of nitrogens with one attached hydrogen (secondary N) is 1. The van der Waals surface area contributed by atoms with Crippen LogP contribution in [0.25, 0.3) is 33.1 Å². The molecular formula is C27H21N5O2S. The molecule has 2 aromatic carbocycles. The summed E-state index contributed by atoms with van der Waals surface area (Å²) < 4.78 is 5.18. The van der Waals surface area contributed by atoms with Gasteiger partial charge in [0.05, 0.1) is 25.0 Å². The second-order valence-electron chi connectivity index (χ2n) is 7.58. The molecule has 5 rings (SSSR count). The van der Waals surface area contributed by atoms with Gasteiger partial charge in [-0.3, -0.25) is 4.98 Å². The summed E-state index contributed by atoms with van der Waals surface area (Å²) in [6.45, 7) is 0.362. The second-order valence-corrected chi connectivity index (χ2v) is 8.44. The van der Waals surface area contributed by atoms with Crippen molar-refractivity contribution in [3.05, 3.63) is 102 Å². The van der Waals surface area contributed by atoms with Crippen LogP contribution in [0.4, 0.5) is 5.82 Å². The number of hydrogen-bond acceptors (Lipinski definition) is 8. The van der Waals surface area contributed by atoms with E-state index >= 15 is 0 Å². The molecule has 172 valence electrons. The second kappa shape index (κ2) is 10.2. The molecule has 1 N–H and O–H groups in total. The Kier molecular flexibility index (Phi) is 6.54. The molecule has 0 amide bonds. The predicted molar refractivity (Wildman–Crippen MR) is 137 cm³/mol. The van der Waals surface area contributed by atoms with E-state index < -0.39 is 5.97 Å². The van der Waals surface area contributed by atoms with Crippen LogP contribution < -0.4 is 5.32 Å². The molecule has 3 heterocycles. The number of carbonyl (C=O) groups is 1. The molecule has 0 aliphatic carbocycles. The Labute approximate surface area is 206 Å². The van der Waals surface area contributed by atoms with E-state index in [2.05, 4.69) is 25.5 Å². The van der Waals surface area contributed by atoms with E-state index in [0.29, 0.717) is 29.2 Å². The van der Waals surface area contributed by atoms with Crippen molar-refractivity contribution in [2.24, 2.45) is 0 Å². The lowest BCUT2D eigenvalue weighted by molar-refractivity contribution is 0.0602. The summed E-state index contributed by atoms with van der Waals surface area (Å²) in [5.41, 5.74) is 4.92. The van der Waals surface area contributed by atoms with Crippen LogP contribution in [0.1, 0.15) is 16.1 Å². The van der Waals surface area contributed by atoms with E-state index in [1.165, 1.54) is 18.4 Å². The highest BCUT2D eigenvalue weighted by molar-refractivity contribution is 7.13. The molecule has 0 saturated heterocycles. The van der Waals surface area contributed by atoms with E-state index in [9.17, 15) is 4.79 Å². The molecule has 5 aromatic rings. The van der Waals surface area contributed by atoms with Crippen molar-refractivity contribution in [2.75, 3.05) is 12.4 Å². The van der Waals surface area contributed by atoms with Gasteiger partial charge in [0.2, 0.25) is 0 Å². The Morgan fingerprint density at radius 1 is 0.914 bits per heavy atom. The molecular weight excluding hydrogens is 458 g/mol. The van der Waals surface area contributed by atoms with Gasteiger partial charge in [-0.25, -0.2) is 9.78 Å². The fraction of sp³-hybridized carbons (Fsp3) is 0.0741. The van der Waals surface area contributed by atoms with Crippen LogP contribution in [-0.4, -0.2) is 33.2 Å². The lowest BCUT2D eigenvalue weighted by Crippen LogP contribution is -2.14. The van der Waals surface area contributed by atoms with E-state index in [1.54, 1.807) is 6.20 Å². The molecule has 0 atom stereocenters. The molecule has 0 unspecified atom stereocenters. The number of esters is 1. The van der Waals surface area contributed by atoms with E-state index in [1.807, 2.05) is 84.2 Å². The van der Waals surface area contributed by atoms with Gasteiger partial charge in [0.15, 0.2) is 5.82 Å². The monoisotopic (exact) mass is 479 g/mol. The van der Waals surface area contributed by atoms with E-state index in [0.717, 1.165) is 27.5 Å². The third kappa shape index (κ3) is 4.78. The number of methoxy groups -OCH3 is 1. The first kappa shape index (κ1) is 22.4. The molecule has 8 heteroatoms. The molecule has 0 aliphatic rings. The summed E-state index contributed by atoms with van der Waals surface area (Å²) in [5.74, 6) is -0.159. The molecule has 0 saturated carbocycles. The lowest BCUT2D eigenvalue weighted by atomic mass is 9.95. The molecule has 0 bridgehead atoms. The number of hydrogen-bond donors (Lipinski definition) is 1. The third-order valence-corrected chi connectivity index (χ3v) is 6.26. The number of nitrogens with zero attached hydrogens (tertiary/aromatic N) is 4. The average molecular weight is 480 g/mol. The maximum absolute atomic E-state index is 13.1. The SMILES string of the molecule is COC(=O)c1c(NCc2csc(-c3ccccn3)n2)nnc(-c2ccccc2)c1-c1ccccc1. The zero-order chi connectivity index (χ0) is 24.0. The summed E-state index contributed by atoms with van der Waals surface area (Å²) >= 11 is 1.51. The molecule has 0 aliphatic heterocycles. The molecule has 35 heavy (non-hydrogen) atoms. The first-order chi connectivity index (χ1) is 17.2. The van der Waals surface area contributed by atoms with Gasteiger partial charge in [-0.05, 0) is 17.7 Å². The van der Waals surface area contributed by atoms with Crippen molar-refractivity contribution in [2.45, 2.75) is 6.54 Å². The Balaban J connectivity index is 1.55. The number of thiazole rings is 1. The quantitative estimate of drug-likeness (QED) is 0.298. The van der Waals surface area contributed by atoms with Gasteiger partial charge in [0, 0.05) is 22.7 Å². The normalized spacial score (nSPS) is 10.7. The molecule has 0 spiro atoms. The summed E-state index contributed by atoms with van der Waals surface area (Å²) in [7, 11) is 1.36. The first-order valence-corrected chi connectivity index (χ1v) is 11.8. The fourth-order valence-electron chi connectivity index (χ4n) is 3.71. The first-order valence-electron chi connectivity index (χ1n) is 10.9. The van der Waals surface area contributed by atoms with E-state index in [4.69, 9.17) is 4.74 Å². The summed E-state index contributed by atoms with van der Waals surface area (Å²) in [6.07, 6.45) is 1.74. The van der Waals surface area contributed by atoms with Gasteiger partial charge < -0.3 is 10.1 Å². The van der Waals surface area contributed by atoms with Crippen LogP contribution in [0.3, 0.4) is 0 Å². The Hall–Kier alpha value is -4.43. The smallest absolute Gasteiger partial charge is 0.342 e. The number of carbonyl (C=O) groups excluding carboxylic acids is 1. The van der Waals surface area contributed by atoms with E-state index in [-0.39, 0.29) is 0 Å². The fourth-order valence-corrected chi connectivity index (χ4v) is 4.51. The molecule has 0 radical (unpaired) electrons. The van der Waals surface area contributed by atoms with Gasteiger partial charge >= 0.3 is 5.97 Å². The van der Waals surface area contributed by atoms with Crippen molar-refractivity contribution >= 4 is 23.1 Å². The standard InChI is InChI=1S/C27H21N5O2S/c1-34-27(33)23-22(18-10-4-2-5-11-18)24(19-12-6-3-7-13-19)31-32-25(23)29-16-20-17-35-26(30-20)21-14-8-9-15-28-21/h2-15,17H,16H2,1H3,(H,29,32). The minimum absolute atomic E-state index is 0.327. The Bertz CT molecular complexity index is 1440. The number of benzene rings is 2. The highest BCUT2D eigenvalue weighted by Gasteiger charge is 2.25. The van der Waals surface area contributed by atoms with Crippen molar-refractivity contribution in [3.8, 4) is 33.1 Å². The number of aromatic nitrogens is 4. The van der Waals surface area contributed by atoms with Crippen molar-refractivity contribution in [1.29, 1.82) is 0 Å². The predicted octanol–water partition coefficient (Wildman–Crippen LogP) is 5.73. The largest absolute Gasteiger partial charge is 0.465 e. The molecule has 7 nitrogen and oxygen atoms in total. The third-order valence-electron chi connectivity index (χ3n) is 5.35. The summed E-state index contributed by atoms with van der Waals surface area (Å²) in [4.78, 5) is 22.1. The van der Waals surface area contributed by atoms with Crippen molar-refractivity contribution < 1.29 is 9.53 Å². The van der Waals surface area contributed by atoms with Crippen LogP contribution in [0, 0.1) is 0 Å².